The van der Waals surface area contributed by atoms with Gasteiger partial charge in [0.1, 0.15) is 0 Å². The highest BCUT2D eigenvalue weighted by Crippen LogP contribution is 2.40. The number of rotatable bonds is 5. The zero-order valence-corrected chi connectivity index (χ0v) is 14.5. The summed E-state index contributed by atoms with van der Waals surface area (Å²) in [6, 6.07) is 10.4. The third kappa shape index (κ3) is 3.93. The Bertz CT molecular complexity index is 416. The van der Waals surface area contributed by atoms with E-state index in [2.05, 4.69) is 58.1 Å². The topological polar surface area (TPSA) is 18.5 Å². The number of hydrogen-bond donors (Lipinski definition) is 0. The van der Waals surface area contributed by atoms with Crippen LogP contribution in [0.4, 0.5) is 0 Å². The van der Waals surface area contributed by atoms with Gasteiger partial charge in [-0.1, -0.05) is 51.1 Å². The van der Waals surface area contributed by atoms with E-state index in [4.69, 9.17) is 9.16 Å². The van der Waals surface area contributed by atoms with Gasteiger partial charge < -0.3 is 9.16 Å². The van der Waals surface area contributed by atoms with E-state index in [1.165, 1.54) is 5.56 Å². The molecule has 112 valence electrons. The Hall–Kier alpha value is -0.643. The monoisotopic (exact) mass is 292 g/mol. The van der Waals surface area contributed by atoms with Crippen molar-refractivity contribution in [1.29, 1.82) is 0 Å². The summed E-state index contributed by atoms with van der Waals surface area (Å²) in [5, 5.41) is 0.295. The maximum atomic E-state index is 6.38. The number of ether oxygens (including phenoxy) is 1. The third-order valence-electron chi connectivity index (χ3n) is 4.65. The van der Waals surface area contributed by atoms with Gasteiger partial charge in [-0.2, -0.15) is 0 Å². The van der Waals surface area contributed by atoms with Crippen LogP contribution in [-0.2, 0) is 15.8 Å². The van der Waals surface area contributed by atoms with Gasteiger partial charge in [-0.3, -0.25) is 0 Å². The van der Waals surface area contributed by atoms with Crippen LogP contribution in [0.3, 0.4) is 0 Å². The van der Waals surface area contributed by atoms with Crippen molar-refractivity contribution in [2.75, 3.05) is 0 Å². The molecule has 2 rings (SSSR count). The van der Waals surface area contributed by atoms with E-state index >= 15 is 0 Å². The molecule has 1 aliphatic rings. The molecule has 1 aromatic rings. The van der Waals surface area contributed by atoms with E-state index in [1.807, 2.05) is 6.07 Å². The summed E-state index contributed by atoms with van der Waals surface area (Å²) < 4.78 is 12.3. The first-order chi connectivity index (χ1) is 9.28. The fraction of sp³-hybridized carbons (Fsp3) is 0.647. The smallest absolute Gasteiger partial charge is 0.192 e. The van der Waals surface area contributed by atoms with Gasteiger partial charge in [0.05, 0.1) is 12.7 Å². The van der Waals surface area contributed by atoms with Gasteiger partial charge >= 0.3 is 0 Å². The highest BCUT2D eigenvalue weighted by Gasteiger charge is 2.42. The zero-order chi connectivity index (χ0) is 14.8. The summed E-state index contributed by atoms with van der Waals surface area (Å²) >= 11 is 0. The lowest BCUT2D eigenvalue weighted by Crippen LogP contribution is -2.49. The summed E-state index contributed by atoms with van der Waals surface area (Å²) in [6.45, 7) is 12.2. The van der Waals surface area contributed by atoms with Crippen LogP contribution in [0.1, 0.15) is 39.2 Å². The maximum Gasteiger partial charge on any atom is 0.192 e. The average molecular weight is 292 g/mol. The molecule has 0 radical (unpaired) electrons. The predicted octanol–water partition coefficient (Wildman–Crippen LogP) is 4.76. The summed E-state index contributed by atoms with van der Waals surface area (Å²) in [5.74, 6) is 0. The molecule has 3 heteroatoms. The van der Waals surface area contributed by atoms with Crippen LogP contribution in [0.5, 0.6) is 0 Å². The molecule has 1 aromatic carbocycles. The lowest BCUT2D eigenvalue weighted by Gasteiger charge is -2.44. The van der Waals surface area contributed by atoms with Gasteiger partial charge in [0, 0.05) is 6.10 Å². The lowest BCUT2D eigenvalue weighted by atomic mass is 9.92. The van der Waals surface area contributed by atoms with Gasteiger partial charge in [-0.25, -0.2) is 0 Å². The Morgan fingerprint density at radius 1 is 1.05 bits per heavy atom. The molecule has 2 nitrogen and oxygen atoms in total. The summed E-state index contributed by atoms with van der Waals surface area (Å²) in [4.78, 5) is 0. The molecule has 20 heavy (non-hydrogen) atoms. The fourth-order valence-electron chi connectivity index (χ4n) is 2.13. The van der Waals surface area contributed by atoms with Crippen LogP contribution in [0.15, 0.2) is 30.3 Å². The van der Waals surface area contributed by atoms with Gasteiger partial charge in [0.2, 0.25) is 0 Å². The number of benzene rings is 1. The van der Waals surface area contributed by atoms with Crippen LogP contribution in [0, 0.1) is 0 Å². The minimum atomic E-state index is -1.61. The quantitative estimate of drug-likeness (QED) is 0.729. The van der Waals surface area contributed by atoms with Crippen molar-refractivity contribution in [3.63, 3.8) is 0 Å². The fourth-order valence-corrected chi connectivity index (χ4v) is 3.51. The van der Waals surface area contributed by atoms with Gasteiger partial charge in [0.25, 0.3) is 0 Å². The molecule has 1 fully saturated rings. The molecule has 1 saturated carbocycles. The van der Waals surface area contributed by atoms with Crippen molar-refractivity contribution >= 4 is 8.32 Å². The Labute approximate surface area is 124 Å². The Morgan fingerprint density at radius 2 is 1.65 bits per heavy atom. The number of hydrogen-bond acceptors (Lipinski definition) is 2. The molecular formula is C17H28O2Si. The first-order valence-corrected chi connectivity index (χ1v) is 10.5. The first-order valence-electron chi connectivity index (χ1n) is 7.61. The molecular weight excluding hydrogens is 264 g/mol. The molecule has 0 aromatic heterocycles. The van der Waals surface area contributed by atoms with Crippen LogP contribution >= 0.6 is 0 Å². The highest BCUT2D eigenvalue weighted by molar-refractivity contribution is 6.74. The highest BCUT2D eigenvalue weighted by atomic mass is 28.4. The molecule has 0 saturated heterocycles. The van der Waals surface area contributed by atoms with E-state index in [0.29, 0.717) is 17.2 Å². The van der Waals surface area contributed by atoms with E-state index < -0.39 is 8.32 Å². The summed E-state index contributed by atoms with van der Waals surface area (Å²) in [5.41, 5.74) is 1.25. The maximum absolute atomic E-state index is 6.38. The third-order valence-corrected chi connectivity index (χ3v) is 9.18. The van der Waals surface area contributed by atoms with Crippen molar-refractivity contribution in [3.8, 4) is 0 Å². The second-order valence-electron chi connectivity index (χ2n) is 7.39. The second kappa shape index (κ2) is 6.00. The van der Waals surface area contributed by atoms with Crippen LogP contribution in [0.2, 0.25) is 18.1 Å². The van der Waals surface area contributed by atoms with Crippen LogP contribution in [-0.4, -0.2) is 20.5 Å². The van der Waals surface area contributed by atoms with E-state index in [9.17, 15) is 0 Å². The average Bonchev–Trinajstić information content (AvgIpc) is 2.31. The van der Waals surface area contributed by atoms with Gasteiger partial charge in [-0.15, -0.1) is 0 Å². The van der Waals surface area contributed by atoms with E-state index in [1.54, 1.807) is 0 Å². The molecule has 0 heterocycles. The van der Waals surface area contributed by atoms with Crippen LogP contribution < -0.4 is 0 Å². The zero-order valence-electron chi connectivity index (χ0n) is 13.5. The van der Waals surface area contributed by atoms with E-state index in [0.717, 1.165) is 19.4 Å². The van der Waals surface area contributed by atoms with E-state index in [-0.39, 0.29) is 0 Å². The Balaban J connectivity index is 1.70. The first kappa shape index (κ1) is 15.7. The van der Waals surface area contributed by atoms with Gasteiger partial charge in [-0.05, 0) is 36.5 Å². The molecule has 0 atom stereocenters. The van der Waals surface area contributed by atoms with Crippen molar-refractivity contribution in [2.24, 2.45) is 0 Å². The van der Waals surface area contributed by atoms with Crippen LogP contribution in [0.25, 0.3) is 0 Å². The Kier molecular flexibility index (Phi) is 4.72. The second-order valence-corrected chi connectivity index (χ2v) is 12.1. The molecule has 0 amide bonds. The summed E-state index contributed by atoms with van der Waals surface area (Å²) in [7, 11) is -1.61. The van der Waals surface area contributed by atoms with Crippen molar-refractivity contribution < 1.29 is 9.16 Å². The Morgan fingerprint density at radius 3 is 2.20 bits per heavy atom. The summed E-state index contributed by atoms with van der Waals surface area (Å²) in [6.07, 6.45) is 2.90. The minimum absolute atomic E-state index is 0.295. The molecule has 0 N–H and O–H groups in total. The molecule has 1 aliphatic carbocycles. The minimum Gasteiger partial charge on any atom is -0.414 e. The van der Waals surface area contributed by atoms with Crippen molar-refractivity contribution in [3.05, 3.63) is 35.9 Å². The van der Waals surface area contributed by atoms with Crippen molar-refractivity contribution in [2.45, 2.75) is 70.6 Å². The van der Waals surface area contributed by atoms with Gasteiger partial charge in [0.15, 0.2) is 8.32 Å². The molecule has 0 spiro atoms. The molecule has 0 bridgehead atoms. The normalized spacial score (nSPS) is 23.4. The standard InChI is InChI=1S/C17H28O2Si/c1-17(2,3)20(4,5)19-16-11-15(12-16)18-13-14-9-7-6-8-10-14/h6-10,15-16H,11-13H2,1-5H3. The molecule has 0 unspecified atom stereocenters. The lowest BCUT2D eigenvalue weighted by molar-refractivity contribution is -0.0726. The molecule has 0 aliphatic heterocycles. The largest absolute Gasteiger partial charge is 0.414 e. The predicted molar refractivity (Wildman–Crippen MR) is 86.3 cm³/mol. The SMILES string of the molecule is CC(C)(C)[Si](C)(C)OC1CC(OCc2ccccc2)C1. The van der Waals surface area contributed by atoms with Crippen molar-refractivity contribution in [1.82, 2.24) is 0 Å².